The van der Waals surface area contributed by atoms with Gasteiger partial charge in [0.1, 0.15) is 5.82 Å². The second kappa shape index (κ2) is 6.85. The van der Waals surface area contributed by atoms with Crippen molar-refractivity contribution in [2.75, 3.05) is 33.7 Å². The van der Waals surface area contributed by atoms with Crippen LogP contribution in [0.3, 0.4) is 0 Å². The molecule has 1 aliphatic heterocycles. The van der Waals surface area contributed by atoms with Crippen molar-refractivity contribution >= 4 is 11.6 Å². The molecule has 0 amide bonds. The molecule has 1 aromatic rings. The average Bonchev–Trinajstić information content (AvgIpc) is 2.57. The molecule has 2 unspecified atom stereocenters. The van der Waals surface area contributed by atoms with Gasteiger partial charge in [-0.2, -0.15) is 0 Å². The molecule has 0 radical (unpaired) electrons. The van der Waals surface area contributed by atoms with Gasteiger partial charge in [-0.1, -0.05) is 23.7 Å². The number of likely N-dealkylation sites (N-methyl/N-ethyl adjacent to an activating group) is 2. The number of rotatable bonds is 3. The number of hydrogen-bond acceptors (Lipinski definition) is 3. The third-order valence-electron chi connectivity index (χ3n) is 4.10. The van der Waals surface area contributed by atoms with Gasteiger partial charge in [0.05, 0.1) is 5.02 Å². The minimum atomic E-state index is -0.339. The molecule has 3 nitrogen and oxygen atoms in total. The average molecular weight is 300 g/mol. The van der Waals surface area contributed by atoms with Gasteiger partial charge in [-0.05, 0) is 51.7 Å². The van der Waals surface area contributed by atoms with E-state index >= 15 is 0 Å². The van der Waals surface area contributed by atoms with Crippen molar-refractivity contribution in [3.63, 3.8) is 0 Å². The molecule has 0 spiro atoms. The van der Waals surface area contributed by atoms with Crippen LogP contribution in [-0.4, -0.2) is 55.6 Å². The number of nitrogens with zero attached hydrogens (tertiary/aromatic N) is 2. The Kier molecular flexibility index (Phi) is 5.38. The first-order valence-corrected chi connectivity index (χ1v) is 7.44. The number of hydrogen-bond donors (Lipinski definition) is 1. The molecule has 112 valence electrons. The molecule has 5 heteroatoms. The maximum atomic E-state index is 14.0. The lowest BCUT2D eigenvalue weighted by atomic mass is 9.98. The molecule has 0 saturated carbocycles. The zero-order valence-corrected chi connectivity index (χ0v) is 12.9. The van der Waals surface area contributed by atoms with Crippen molar-refractivity contribution in [3.05, 3.63) is 34.6 Å². The zero-order chi connectivity index (χ0) is 14.7. The molecule has 20 heavy (non-hydrogen) atoms. The third kappa shape index (κ3) is 3.70. The summed E-state index contributed by atoms with van der Waals surface area (Å²) in [5, 5.41) is 0.168. The Morgan fingerprint density at radius 3 is 2.90 bits per heavy atom. The Balaban J connectivity index is 2.09. The summed E-state index contributed by atoms with van der Waals surface area (Å²) in [6, 6.07) is 5.24. The van der Waals surface area contributed by atoms with Crippen LogP contribution in [0.4, 0.5) is 4.39 Å². The molecule has 1 aliphatic rings. The van der Waals surface area contributed by atoms with E-state index in [1.165, 1.54) is 0 Å². The van der Waals surface area contributed by atoms with Gasteiger partial charge in [0.15, 0.2) is 0 Å². The van der Waals surface area contributed by atoms with Gasteiger partial charge in [0.25, 0.3) is 0 Å². The summed E-state index contributed by atoms with van der Waals surface area (Å²) in [6.45, 7) is 3.03. The smallest absolute Gasteiger partial charge is 0.145 e. The first-order valence-electron chi connectivity index (χ1n) is 7.06. The third-order valence-corrected chi connectivity index (χ3v) is 4.39. The van der Waals surface area contributed by atoms with Crippen molar-refractivity contribution in [1.29, 1.82) is 0 Å². The summed E-state index contributed by atoms with van der Waals surface area (Å²) in [6.07, 6.45) is 1.65. The van der Waals surface area contributed by atoms with Crippen molar-refractivity contribution in [2.24, 2.45) is 5.73 Å². The molecule has 1 aromatic carbocycles. The van der Waals surface area contributed by atoms with Crippen LogP contribution in [0.1, 0.15) is 12.0 Å². The zero-order valence-electron chi connectivity index (χ0n) is 12.1. The number of nitrogens with two attached hydrogens (primary N) is 1. The Morgan fingerprint density at radius 2 is 2.15 bits per heavy atom. The fraction of sp³-hybridized carbons (Fsp3) is 0.600. The molecule has 2 atom stereocenters. The van der Waals surface area contributed by atoms with E-state index in [2.05, 4.69) is 23.9 Å². The fourth-order valence-corrected chi connectivity index (χ4v) is 3.06. The van der Waals surface area contributed by atoms with Gasteiger partial charge in [-0.25, -0.2) is 4.39 Å². The Bertz CT molecular complexity index is 455. The summed E-state index contributed by atoms with van der Waals surface area (Å²) >= 11 is 5.83. The summed E-state index contributed by atoms with van der Waals surface area (Å²) in [5.41, 5.74) is 6.95. The van der Waals surface area contributed by atoms with Crippen molar-refractivity contribution in [3.8, 4) is 0 Å². The Morgan fingerprint density at radius 1 is 1.40 bits per heavy atom. The molecule has 1 heterocycles. The highest BCUT2D eigenvalue weighted by Crippen LogP contribution is 2.20. The standard InChI is InChI=1S/C15H23ClFN3/c1-19-7-4-8-20(2)14(10-19)13(18)9-11-5-3-6-12(16)15(11)17/h3,5-6,13-14H,4,7-10,18H2,1-2H3. The van der Waals surface area contributed by atoms with Crippen LogP contribution in [0, 0.1) is 5.82 Å². The Hall–Kier alpha value is -0.680. The van der Waals surface area contributed by atoms with Gasteiger partial charge in [-0.15, -0.1) is 0 Å². The molecule has 1 fully saturated rings. The highest BCUT2D eigenvalue weighted by Gasteiger charge is 2.26. The predicted molar refractivity (Wildman–Crippen MR) is 81.6 cm³/mol. The first-order chi connectivity index (χ1) is 9.49. The van der Waals surface area contributed by atoms with Gasteiger partial charge in [0, 0.05) is 18.6 Å². The van der Waals surface area contributed by atoms with Crippen LogP contribution in [-0.2, 0) is 6.42 Å². The van der Waals surface area contributed by atoms with Crippen LogP contribution in [0.2, 0.25) is 5.02 Å². The van der Waals surface area contributed by atoms with E-state index in [-0.39, 0.29) is 22.9 Å². The van der Waals surface area contributed by atoms with Crippen LogP contribution in [0.25, 0.3) is 0 Å². The van der Waals surface area contributed by atoms with E-state index < -0.39 is 0 Å². The predicted octanol–water partition coefficient (Wildman–Crippen LogP) is 1.98. The summed E-state index contributed by atoms with van der Waals surface area (Å²) in [5.74, 6) is -0.339. The van der Waals surface area contributed by atoms with Crippen LogP contribution in [0.15, 0.2) is 18.2 Å². The van der Waals surface area contributed by atoms with E-state index in [1.807, 2.05) is 0 Å². The number of benzene rings is 1. The quantitative estimate of drug-likeness (QED) is 0.926. The Labute approximate surface area is 125 Å². The SMILES string of the molecule is CN1CCCN(C)C(C(N)Cc2cccc(Cl)c2F)C1. The molecule has 1 saturated heterocycles. The summed E-state index contributed by atoms with van der Waals surface area (Å²) in [7, 11) is 4.21. The molecule has 0 aliphatic carbocycles. The number of halogens is 2. The van der Waals surface area contributed by atoms with Crippen LogP contribution < -0.4 is 5.73 Å². The minimum absolute atomic E-state index is 0.103. The highest BCUT2D eigenvalue weighted by molar-refractivity contribution is 6.30. The minimum Gasteiger partial charge on any atom is -0.326 e. The molecular formula is C15H23ClFN3. The lowest BCUT2D eigenvalue weighted by Gasteiger charge is -2.32. The first kappa shape index (κ1) is 15.7. The lowest BCUT2D eigenvalue weighted by Crippen LogP contribution is -2.51. The molecule has 0 bridgehead atoms. The van der Waals surface area contributed by atoms with Crippen LogP contribution >= 0.6 is 11.6 Å². The van der Waals surface area contributed by atoms with E-state index in [0.717, 1.165) is 26.1 Å². The van der Waals surface area contributed by atoms with Crippen molar-refractivity contribution in [1.82, 2.24) is 9.80 Å². The maximum Gasteiger partial charge on any atom is 0.145 e. The second-order valence-corrected chi connectivity index (χ2v) is 6.15. The summed E-state index contributed by atoms with van der Waals surface area (Å²) in [4.78, 5) is 4.58. The largest absolute Gasteiger partial charge is 0.326 e. The topological polar surface area (TPSA) is 32.5 Å². The maximum absolute atomic E-state index is 14.0. The van der Waals surface area contributed by atoms with Crippen molar-refractivity contribution in [2.45, 2.75) is 24.9 Å². The summed E-state index contributed by atoms with van der Waals surface area (Å²) < 4.78 is 14.0. The van der Waals surface area contributed by atoms with Gasteiger partial charge in [-0.3, -0.25) is 0 Å². The highest BCUT2D eigenvalue weighted by atomic mass is 35.5. The van der Waals surface area contributed by atoms with Crippen molar-refractivity contribution < 1.29 is 4.39 Å². The molecule has 2 N–H and O–H groups in total. The lowest BCUT2D eigenvalue weighted by molar-refractivity contribution is 0.194. The second-order valence-electron chi connectivity index (χ2n) is 5.74. The van der Waals surface area contributed by atoms with Crippen LogP contribution in [0.5, 0.6) is 0 Å². The monoisotopic (exact) mass is 299 g/mol. The van der Waals surface area contributed by atoms with E-state index in [0.29, 0.717) is 12.0 Å². The van der Waals surface area contributed by atoms with E-state index in [4.69, 9.17) is 17.3 Å². The van der Waals surface area contributed by atoms with E-state index in [9.17, 15) is 4.39 Å². The molecule has 0 aromatic heterocycles. The molecule has 2 rings (SSSR count). The van der Waals surface area contributed by atoms with E-state index in [1.54, 1.807) is 18.2 Å². The molecular weight excluding hydrogens is 277 g/mol. The van der Waals surface area contributed by atoms with Gasteiger partial charge >= 0.3 is 0 Å². The normalized spacial score (nSPS) is 23.6. The fourth-order valence-electron chi connectivity index (χ4n) is 2.86. The van der Waals surface area contributed by atoms with Gasteiger partial charge < -0.3 is 15.5 Å². The van der Waals surface area contributed by atoms with Gasteiger partial charge in [0.2, 0.25) is 0 Å².